The lowest BCUT2D eigenvalue weighted by Crippen LogP contribution is -2.44. The normalized spacial score (nSPS) is 16.7. The molecule has 0 atom stereocenters. The molecule has 32 heavy (non-hydrogen) atoms. The van der Waals surface area contributed by atoms with E-state index in [0.29, 0.717) is 22.9 Å². The number of rotatable bonds is 5. The highest BCUT2D eigenvalue weighted by Gasteiger charge is 2.29. The maximum absolute atomic E-state index is 13.2. The van der Waals surface area contributed by atoms with Crippen LogP contribution >= 0.6 is 0 Å². The molecule has 164 valence electrons. The van der Waals surface area contributed by atoms with Gasteiger partial charge in [-0.15, -0.1) is 0 Å². The van der Waals surface area contributed by atoms with E-state index in [0.717, 1.165) is 37.3 Å². The molecule has 0 spiro atoms. The molecule has 0 unspecified atom stereocenters. The molecule has 5 heteroatoms. The first-order chi connectivity index (χ1) is 15.6. The lowest BCUT2D eigenvalue weighted by atomic mass is 10.0. The number of hydrogen-bond acceptors (Lipinski definition) is 4. The number of likely N-dealkylation sites (N-methyl/N-ethyl adjacent to an activating group) is 1. The standard InChI is InChI=1S/C27H30N4O/c1-30-13-15-31(16-14-30)26-12-10-22(17-23(26)20-7-8-20)27(32)29-25-18-21(9-11-24(25)28)19-5-3-2-4-6-19/h2-6,9-12,17-18,20H,7-8,13-16,28H2,1H3,(H,29,32). The van der Waals surface area contributed by atoms with Gasteiger partial charge in [-0.1, -0.05) is 36.4 Å². The van der Waals surface area contributed by atoms with E-state index in [1.807, 2.05) is 42.5 Å². The van der Waals surface area contributed by atoms with Crippen LogP contribution in [0.4, 0.5) is 17.1 Å². The second kappa shape index (κ2) is 8.67. The van der Waals surface area contributed by atoms with Gasteiger partial charge in [0.1, 0.15) is 0 Å². The third-order valence-corrected chi connectivity index (χ3v) is 6.56. The number of piperazine rings is 1. The van der Waals surface area contributed by atoms with Crippen molar-refractivity contribution in [1.82, 2.24) is 4.90 Å². The van der Waals surface area contributed by atoms with Crippen LogP contribution < -0.4 is 16.0 Å². The van der Waals surface area contributed by atoms with E-state index in [9.17, 15) is 4.79 Å². The van der Waals surface area contributed by atoms with Gasteiger partial charge in [0.2, 0.25) is 0 Å². The molecule has 1 amide bonds. The Hall–Kier alpha value is -3.31. The number of nitrogen functional groups attached to an aromatic ring is 1. The molecule has 3 N–H and O–H groups in total. The van der Waals surface area contributed by atoms with Crippen LogP contribution in [-0.2, 0) is 0 Å². The van der Waals surface area contributed by atoms with Gasteiger partial charge in [-0.05, 0) is 72.8 Å². The molecule has 5 rings (SSSR count). The Bertz CT molecular complexity index is 1120. The van der Waals surface area contributed by atoms with Gasteiger partial charge in [-0.3, -0.25) is 4.79 Å². The number of nitrogens with two attached hydrogens (primary N) is 1. The number of amides is 1. The Labute approximate surface area is 189 Å². The summed E-state index contributed by atoms with van der Waals surface area (Å²) in [5.41, 5.74) is 12.8. The van der Waals surface area contributed by atoms with Crippen molar-refractivity contribution in [1.29, 1.82) is 0 Å². The van der Waals surface area contributed by atoms with Crippen molar-refractivity contribution in [3.63, 3.8) is 0 Å². The summed E-state index contributed by atoms with van der Waals surface area (Å²) in [5, 5.41) is 3.04. The summed E-state index contributed by atoms with van der Waals surface area (Å²) in [6, 6.07) is 22.1. The predicted molar refractivity (Wildman–Crippen MR) is 132 cm³/mol. The Morgan fingerprint density at radius 3 is 2.38 bits per heavy atom. The van der Waals surface area contributed by atoms with Gasteiger partial charge in [-0.25, -0.2) is 0 Å². The first kappa shape index (κ1) is 20.6. The Morgan fingerprint density at radius 2 is 1.66 bits per heavy atom. The fraction of sp³-hybridized carbons (Fsp3) is 0.296. The molecule has 1 aliphatic carbocycles. The van der Waals surface area contributed by atoms with E-state index in [1.165, 1.54) is 24.1 Å². The second-order valence-corrected chi connectivity index (χ2v) is 8.96. The maximum atomic E-state index is 13.2. The van der Waals surface area contributed by atoms with E-state index in [1.54, 1.807) is 0 Å². The Balaban J connectivity index is 1.39. The van der Waals surface area contributed by atoms with E-state index < -0.39 is 0 Å². The molecule has 0 radical (unpaired) electrons. The van der Waals surface area contributed by atoms with Crippen LogP contribution in [0.3, 0.4) is 0 Å². The lowest BCUT2D eigenvalue weighted by molar-refractivity contribution is 0.102. The summed E-state index contributed by atoms with van der Waals surface area (Å²) in [6.07, 6.45) is 2.41. The van der Waals surface area contributed by atoms with E-state index in [4.69, 9.17) is 5.73 Å². The molecule has 2 fully saturated rings. The molecule has 1 heterocycles. The number of nitrogens with one attached hydrogen (secondary N) is 1. The summed E-state index contributed by atoms with van der Waals surface area (Å²) in [6.45, 7) is 4.21. The van der Waals surface area contributed by atoms with Gasteiger partial charge in [0, 0.05) is 37.4 Å². The molecule has 0 aromatic heterocycles. The number of nitrogens with zero attached hydrogens (tertiary/aromatic N) is 2. The average Bonchev–Trinajstić information content (AvgIpc) is 3.67. The first-order valence-corrected chi connectivity index (χ1v) is 11.4. The topological polar surface area (TPSA) is 61.6 Å². The highest BCUT2D eigenvalue weighted by atomic mass is 16.1. The third-order valence-electron chi connectivity index (χ3n) is 6.56. The molecule has 1 saturated carbocycles. The molecule has 3 aromatic carbocycles. The third kappa shape index (κ3) is 4.34. The summed E-state index contributed by atoms with van der Waals surface area (Å²) in [7, 11) is 2.17. The Morgan fingerprint density at radius 1 is 0.906 bits per heavy atom. The van der Waals surface area contributed by atoms with Crippen molar-refractivity contribution in [2.45, 2.75) is 18.8 Å². The monoisotopic (exact) mass is 426 g/mol. The fourth-order valence-corrected chi connectivity index (χ4v) is 4.42. The zero-order chi connectivity index (χ0) is 22.1. The van der Waals surface area contributed by atoms with E-state index >= 15 is 0 Å². The molecule has 3 aromatic rings. The molecular formula is C27H30N4O. The van der Waals surface area contributed by atoms with Gasteiger partial charge in [0.15, 0.2) is 0 Å². The van der Waals surface area contributed by atoms with Crippen molar-refractivity contribution in [2.75, 3.05) is 49.2 Å². The predicted octanol–water partition coefficient (Wildman–Crippen LogP) is 4.82. The van der Waals surface area contributed by atoms with E-state index in [2.05, 4.69) is 46.4 Å². The van der Waals surface area contributed by atoms with Crippen LogP contribution in [0.1, 0.15) is 34.7 Å². The number of anilines is 3. The van der Waals surface area contributed by atoms with Gasteiger partial charge < -0.3 is 20.9 Å². The highest BCUT2D eigenvalue weighted by molar-refractivity contribution is 6.06. The van der Waals surface area contributed by atoms with Crippen molar-refractivity contribution in [2.24, 2.45) is 0 Å². The SMILES string of the molecule is CN1CCN(c2ccc(C(=O)Nc3cc(-c4ccccc4)ccc3N)cc2C2CC2)CC1. The second-order valence-electron chi connectivity index (χ2n) is 8.96. The quantitative estimate of drug-likeness (QED) is 0.575. The van der Waals surface area contributed by atoms with Crippen molar-refractivity contribution in [3.05, 3.63) is 77.9 Å². The van der Waals surface area contributed by atoms with Crippen molar-refractivity contribution in [3.8, 4) is 11.1 Å². The van der Waals surface area contributed by atoms with Crippen molar-refractivity contribution >= 4 is 23.0 Å². The minimum atomic E-state index is -0.117. The van der Waals surface area contributed by atoms with Crippen LogP contribution in [0.15, 0.2) is 66.7 Å². The number of carbonyl (C=O) groups excluding carboxylic acids is 1. The minimum Gasteiger partial charge on any atom is -0.397 e. The van der Waals surface area contributed by atoms with Crippen molar-refractivity contribution < 1.29 is 4.79 Å². The summed E-state index contributed by atoms with van der Waals surface area (Å²) < 4.78 is 0. The summed E-state index contributed by atoms with van der Waals surface area (Å²) in [4.78, 5) is 18.0. The van der Waals surface area contributed by atoms with Crippen LogP contribution in [0.2, 0.25) is 0 Å². The van der Waals surface area contributed by atoms with Crippen LogP contribution in [-0.4, -0.2) is 44.0 Å². The van der Waals surface area contributed by atoms with Gasteiger partial charge in [0.05, 0.1) is 11.4 Å². The zero-order valence-electron chi connectivity index (χ0n) is 18.6. The molecular weight excluding hydrogens is 396 g/mol. The molecule has 1 aliphatic heterocycles. The fourth-order valence-electron chi connectivity index (χ4n) is 4.42. The van der Waals surface area contributed by atoms with Crippen LogP contribution in [0, 0.1) is 0 Å². The lowest BCUT2D eigenvalue weighted by Gasteiger charge is -2.35. The molecule has 2 aliphatic rings. The van der Waals surface area contributed by atoms with Gasteiger partial charge in [0.25, 0.3) is 5.91 Å². The summed E-state index contributed by atoms with van der Waals surface area (Å²) in [5.74, 6) is 0.456. The minimum absolute atomic E-state index is 0.117. The van der Waals surface area contributed by atoms with Gasteiger partial charge >= 0.3 is 0 Å². The molecule has 0 bridgehead atoms. The zero-order valence-corrected chi connectivity index (χ0v) is 18.6. The first-order valence-electron chi connectivity index (χ1n) is 11.4. The smallest absolute Gasteiger partial charge is 0.255 e. The number of benzene rings is 3. The van der Waals surface area contributed by atoms with Crippen LogP contribution in [0.25, 0.3) is 11.1 Å². The largest absolute Gasteiger partial charge is 0.397 e. The van der Waals surface area contributed by atoms with Crippen LogP contribution in [0.5, 0.6) is 0 Å². The van der Waals surface area contributed by atoms with E-state index in [-0.39, 0.29) is 5.91 Å². The molecule has 5 nitrogen and oxygen atoms in total. The number of carbonyl (C=O) groups is 1. The average molecular weight is 427 g/mol. The number of hydrogen-bond donors (Lipinski definition) is 2. The Kier molecular flexibility index (Phi) is 5.58. The maximum Gasteiger partial charge on any atom is 0.255 e. The molecule has 1 saturated heterocycles. The summed E-state index contributed by atoms with van der Waals surface area (Å²) >= 11 is 0. The highest BCUT2D eigenvalue weighted by Crippen LogP contribution is 2.45. The van der Waals surface area contributed by atoms with Gasteiger partial charge in [-0.2, -0.15) is 0 Å².